The van der Waals surface area contributed by atoms with Crippen LogP contribution in [0.15, 0.2) is 35.3 Å². The van der Waals surface area contributed by atoms with Crippen molar-refractivity contribution in [2.24, 2.45) is 27.9 Å². The number of nitrogens with two attached hydrogens (primary N) is 4. The Labute approximate surface area is 201 Å². The molecule has 0 bridgehead atoms. The number of guanidine groups is 1. The molecule has 35 heavy (non-hydrogen) atoms. The van der Waals surface area contributed by atoms with E-state index in [0.29, 0.717) is 5.56 Å². The Hall–Kier alpha value is -4.20. The summed E-state index contributed by atoms with van der Waals surface area (Å²) >= 11 is 0. The van der Waals surface area contributed by atoms with Crippen LogP contribution in [0.1, 0.15) is 24.8 Å². The average Bonchev–Trinajstić information content (AvgIpc) is 2.79. The minimum Gasteiger partial charge on any atom is -0.480 e. The number of carbonyl (C=O) groups excluding carboxylic acids is 4. The van der Waals surface area contributed by atoms with Crippen LogP contribution in [0, 0.1) is 0 Å². The molecule has 3 atom stereocenters. The SMILES string of the molecule is NCC(=O)NC(CC(N)=O)C(=O)NC(Cc1ccccc1)C(=O)NC(CCCN=C(N)N)C(=O)O. The summed E-state index contributed by atoms with van der Waals surface area (Å²) < 4.78 is 0. The van der Waals surface area contributed by atoms with Gasteiger partial charge in [-0.15, -0.1) is 0 Å². The van der Waals surface area contributed by atoms with Crippen molar-refractivity contribution in [1.82, 2.24) is 16.0 Å². The second kappa shape index (κ2) is 14.8. The van der Waals surface area contributed by atoms with E-state index in [9.17, 15) is 29.1 Å². The molecule has 0 heterocycles. The quantitative estimate of drug-likeness (QED) is 0.0690. The first kappa shape index (κ1) is 28.8. The van der Waals surface area contributed by atoms with E-state index in [1.54, 1.807) is 30.3 Å². The highest BCUT2D eigenvalue weighted by Gasteiger charge is 2.30. The average molecular weight is 493 g/mol. The van der Waals surface area contributed by atoms with E-state index in [-0.39, 0.29) is 31.8 Å². The van der Waals surface area contributed by atoms with Gasteiger partial charge in [0.15, 0.2) is 5.96 Å². The summed E-state index contributed by atoms with van der Waals surface area (Å²) in [6.45, 7) is -0.265. The molecule has 1 rings (SSSR count). The fraction of sp³-hybridized carbons (Fsp3) is 0.429. The lowest BCUT2D eigenvalue weighted by Crippen LogP contribution is -2.57. The largest absolute Gasteiger partial charge is 0.480 e. The number of hydrogen-bond acceptors (Lipinski definition) is 7. The molecule has 0 radical (unpaired) electrons. The summed E-state index contributed by atoms with van der Waals surface area (Å²) in [4.78, 5) is 64.3. The summed E-state index contributed by atoms with van der Waals surface area (Å²) in [5.74, 6) is -4.63. The maximum Gasteiger partial charge on any atom is 0.326 e. The molecule has 14 heteroatoms. The predicted octanol–water partition coefficient (Wildman–Crippen LogP) is -3.34. The summed E-state index contributed by atoms with van der Waals surface area (Å²) in [7, 11) is 0. The number of nitrogens with one attached hydrogen (secondary N) is 3. The van der Waals surface area contributed by atoms with Crippen LogP contribution in [-0.4, -0.2) is 71.9 Å². The Morgan fingerprint density at radius 3 is 2.03 bits per heavy atom. The van der Waals surface area contributed by atoms with Crippen LogP contribution < -0.4 is 38.9 Å². The van der Waals surface area contributed by atoms with Gasteiger partial charge in [0, 0.05) is 13.0 Å². The van der Waals surface area contributed by atoms with Gasteiger partial charge in [0.1, 0.15) is 18.1 Å². The van der Waals surface area contributed by atoms with Crippen molar-refractivity contribution in [1.29, 1.82) is 0 Å². The van der Waals surface area contributed by atoms with Crippen LogP contribution >= 0.6 is 0 Å². The van der Waals surface area contributed by atoms with Crippen LogP contribution in [0.3, 0.4) is 0 Å². The molecule has 192 valence electrons. The van der Waals surface area contributed by atoms with Crippen molar-refractivity contribution >= 4 is 35.6 Å². The number of rotatable bonds is 15. The van der Waals surface area contributed by atoms with Gasteiger partial charge in [0.25, 0.3) is 0 Å². The van der Waals surface area contributed by atoms with Crippen molar-refractivity contribution in [2.75, 3.05) is 13.1 Å². The number of carboxylic acid groups (broad SMARTS) is 1. The molecule has 1 aromatic rings. The first-order chi connectivity index (χ1) is 16.5. The number of aliphatic imine (C=N–C) groups is 1. The Morgan fingerprint density at radius 1 is 0.886 bits per heavy atom. The molecule has 3 unspecified atom stereocenters. The van der Waals surface area contributed by atoms with E-state index in [1.807, 2.05) is 0 Å². The topological polar surface area (TPSA) is 258 Å². The van der Waals surface area contributed by atoms with Gasteiger partial charge in [-0.3, -0.25) is 24.2 Å². The highest BCUT2D eigenvalue weighted by atomic mass is 16.4. The van der Waals surface area contributed by atoms with Crippen LogP contribution in [0.25, 0.3) is 0 Å². The second-order valence-corrected chi connectivity index (χ2v) is 7.59. The Bertz CT molecular complexity index is 920. The summed E-state index contributed by atoms with van der Waals surface area (Å²) in [5.41, 5.74) is 21.6. The molecule has 0 aromatic heterocycles. The predicted molar refractivity (Wildman–Crippen MR) is 126 cm³/mol. The lowest BCUT2D eigenvalue weighted by molar-refractivity contribution is -0.142. The van der Waals surface area contributed by atoms with Gasteiger partial charge in [-0.05, 0) is 18.4 Å². The highest BCUT2D eigenvalue weighted by molar-refractivity contribution is 5.95. The first-order valence-corrected chi connectivity index (χ1v) is 10.7. The number of benzene rings is 1. The zero-order valence-electron chi connectivity index (χ0n) is 19.1. The molecule has 1 aromatic carbocycles. The molecule has 0 aliphatic rings. The third-order valence-corrected chi connectivity index (χ3v) is 4.72. The highest BCUT2D eigenvalue weighted by Crippen LogP contribution is 2.07. The van der Waals surface area contributed by atoms with Crippen molar-refractivity contribution < 1.29 is 29.1 Å². The summed E-state index contributed by atoms with van der Waals surface area (Å²) in [5, 5.41) is 16.6. The van der Waals surface area contributed by atoms with Gasteiger partial charge in [-0.2, -0.15) is 0 Å². The molecule has 0 aliphatic heterocycles. The molecule has 4 amide bonds. The van der Waals surface area contributed by atoms with Crippen LogP contribution in [0.5, 0.6) is 0 Å². The molecule has 0 aliphatic carbocycles. The lowest BCUT2D eigenvalue weighted by Gasteiger charge is -2.24. The van der Waals surface area contributed by atoms with Crippen molar-refractivity contribution in [2.45, 2.75) is 43.8 Å². The molecular formula is C21H32N8O6. The molecule has 0 saturated heterocycles. The number of amides is 4. The van der Waals surface area contributed by atoms with Gasteiger partial charge in [-0.25, -0.2) is 4.79 Å². The zero-order chi connectivity index (χ0) is 26.4. The van der Waals surface area contributed by atoms with E-state index in [0.717, 1.165) is 0 Å². The van der Waals surface area contributed by atoms with Crippen LogP contribution in [0.2, 0.25) is 0 Å². The number of primary amides is 1. The van der Waals surface area contributed by atoms with Crippen molar-refractivity contribution in [3.8, 4) is 0 Å². The Morgan fingerprint density at radius 2 is 1.49 bits per heavy atom. The number of carbonyl (C=O) groups is 5. The van der Waals surface area contributed by atoms with E-state index in [1.165, 1.54) is 0 Å². The van der Waals surface area contributed by atoms with E-state index < -0.39 is 60.7 Å². The number of hydrogen-bond donors (Lipinski definition) is 8. The zero-order valence-corrected chi connectivity index (χ0v) is 19.1. The lowest BCUT2D eigenvalue weighted by atomic mass is 10.0. The molecule has 12 N–H and O–H groups in total. The van der Waals surface area contributed by atoms with Crippen LogP contribution in [-0.2, 0) is 30.4 Å². The number of nitrogens with zero attached hydrogens (tertiary/aromatic N) is 1. The summed E-state index contributed by atoms with van der Waals surface area (Å²) in [6, 6.07) is 4.78. The van der Waals surface area contributed by atoms with E-state index in [4.69, 9.17) is 22.9 Å². The van der Waals surface area contributed by atoms with Gasteiger partial charge >= 0.3 is 5.97 Å². The van der Waals surface area contributed by atoms with Crippen LogP contribution in [0.4, 0.5) is 0 Å². The minimum atomic E-state index is -1.37. The molecule has 14 nitrogen and oxygen atoms in total. The smallest absolute Gasteiger partial charge is 0.326 e. The van der Waals surface area contributed by atoms with Gasteiger partial charge in [0.2, 0.25) is 23.6 Å². The fourth-order valence-corrected chi connectivity index (χ4v) is 3.03. The van der Waals surface area contributed by atoms with Crippen molar-refractivity contribution in [3.05, 3.63) is 35.9 Å². The Kier molecular flexibility index (Phi) is 12.2. The first-order valence-electron chi connectivity index (χ1n) is 10.7. The number of aliphatic carboxylic acids is 1. The standard InChI is InChI=1S/C21H32N8O6/c22-11-17(31)27-15(10-16(23)30)19(33)29-14(9-12-5-2-1-3-6-12)18(32)28-13(20(34)35)7-4-8-26-21(24)25/h1-3,5-6,13-15H,4,7-11,22H2,(H2,23,30)(H,27,31)(H,28,32)(H,29,33)(H,34,35)(H4,24,25,26). The maximum absolute atomic E-state index is 13.0. The molecular weight excluding hydrogens is 460 g/mol. The Balaban J connectivity index is 3.04. The van der Waals surface area contributed by atoms with E-state index >= 15 is 0 Å². The van der Waals surface area contributed by atoms with Gasteiger partial charge < -0.3 is 44.0 Å². The second-order valence-electron chi connectivity index (χ2n) is 7.59. The maximum atomic E-state index is 13.0. The van der Waals surface area contributed by atoms with E-state index in [2.05, 4.69) is 20.9 Å². The molecule has 0 spiro atoms. The normalized spacial score (nSPS) is 12.9. The summed E-state index contributed by atoms with van der Waals surface area (Å²) in [6.07, 6.45) is -0.218. The van der Waals surface area contributed by atoms with Gasteiger partial charge in [-0.1, -0.05) is 30.3 Å². The minimum absolute atomic E-state index is 0.00682. The fourth-order valence-electron chi connectivity index (χ4n) is 3.03. The monoisotopic (exact) mass is 492 g/mol. The van der Waals surface area contributed by atoms with Gasteiger partial charge in [0.05, 0.1) is 13.0 Å². The molecule has 0 saturated carbocycles. The number of carboxylic acids is 1. The van der Waals surface area contributed by atoms with Crippen molar-refractivity contribution in [3.63, 3.8) is 0 Å². The third-order valence-electron chi connectivity index (χ3n) is 4.72. The molecule has 0 fully saturated rings. The third kappa shape index (κ3) is 11.5.